The molecule has 1 aliphatic rings. The maximum Gasteiger partial charge on any atom is 0.243 e. The fraction of sp³-hybridized carbons (Fsp3) is 0.250. The van der Waals surface area contributed by atoms with Gasteiger partial charge in [0.05, 0.1) is 6.42 Å². The van der Waals surface area contributed by atoms with E-state index < -0.39 is 11.4 Å². The molecule has 4 nitrogen and oxygen atoms in total. The average molecular weight is 268 g/mol. The summed E-state index contributed by atoms with van der Waals surface area (Å²) in [5, 5.41) is 5.00. The molecule has 0 heterocycles. The van der Waals surface area contributed by atoms with E-state index in [4.69, 9.17) is 5.73 Å². The summed E-state index contributed by atoms with van der Waals surface area (Å²) in [5.41, 5.74) is 5.44. The minimum atomic E-state index is -0.784. The molecular weight excluding hydrogens is 252 g/mol. The van der Waals surface area contributed by atoms with E-state index in [1.807, 2.05) is 42.5 Å². The van der Waals surface area contributed by atoms with Crippen LogP contribution in [0.3, 0.4) is 0 Å². The van der Waals surface area contributed by atoms with Gasteiger partial charge >= 0.3 is 0 Å². The Kier molecular flexibility index (Phi) is 2.93. The Morgan fingerprint density at radius 2 is 1.80 bits per heavy atom. The van der Waals surface area contributed by atoms with Crippen LogP contribution in [-0.2, 0) is 16.0 Å². The van der Waals surface area contributed by atoms with Crippen molar-refractivity contribution in [3.8, 4) is 0 Å². The Hall–Kier alpha value is -2.36. The maximum atomic E-state index is 12.0. The number of amides is 2. The predicted octanol–water partition coefficient (Wildman–Crippen LogP) is 1.52. The first-order chi connectivity index (χ1) is 9.59. The van der Waals surface area contributed by atoms with Crippen molar-refractivity contribution in [3.63, 3.8) is 0 Å². The van der Waals surface area contributed by atoms with Crippen molar-refractivity contribution in [3.05, 3.63) is 48.0 Å². The zero-order valence-corrected chi connectivity index (χ0v) is 11.1. The summed E-state index contributed by atoms with van der Waals surface area (Å²) in [6.45, 7) is 0. The maximum absolute atomic E-state index is 12.0. The highest BCUT2D eigenvalue weighted by atomic mass is 16.2. The molecular formula is C16H16N2O2. The molecule has 2 aromatic rings. The van der Waals surface area contributed by atoms with Crippen molar-refractivity contribution in [2.45, 2.75) is 24.8 Å². The molecule has 3 rings (SSSR count). The van der Waals surface area contributed by atoms with Crippen molar-refractivity contribution in [1.82, 2.24) is 5.32 Å². The molecule has 4 heteroatoms. The highest BCUT2D eigenvalue weighted by molar-refractivity contribution is 5.94. The molecule has 0 atom stereocenters. The first kappa shape index (κ1) is 12.7. The van der Waals surface area contributed by atoms with Gasteiger partial charge in [-0.1, -0.05) is 42.5 Å². The number of carbonyl (C=O) groups is 2. The molecule has 0 aliphatic heterocycles. The molecule has 20 heavy (non-hydrogen) atoms. The number of fused-ring (bicyclic) bond motifs is 1. The van der Waals surface area contributed by atoms with Crippen molar-refractivity contribution in [1.29, 1.82) is 0 Å². The number of nitrogens with two attached hydrogens (primary N) is 1. The second-order valence-corrected chi connectivity index (χ2v) is 5.35. The van der Waals surface area contributed by atoms with Crippen molar-refractivity contribution in [2.75, 3.05) is 0 Å². The van der Waals surface area contributed by atoms with Crippen LogP contribution in [0.5, 0.6) is 0 Å². The Morgan fingerprint density at radius 3 is 2.45 bits per heavy atom. The lowest BCUT2D eigenvalue weighted by molar-refractivity contribution is -0.127. The topological polar surface area (TPSA) is 72.2 Å². The van der Waals surface area contributed by atoms with Gasteiger partial charge in [0.1, 0.15) is 5.54 Å². The predicted molar refractivity (Wildman–Crippen MR) is 77.0 cm³/mol. The third-order valence-electron chi connectivity index (χ3n) is 3.78. The lowest BCUT2D eigenvalue weighted by Crippen LogP contribution is -2.47. The molecule has 0 saturated heterocycles. The third-order valence-corrected chi connectivity index (χ3v) is 3.78. The number of primary amides is 1. The van der Waals surface area contributed by atoms with Gasteiger partial charge < -0.3 is 11.1 Å². The normalized spacial score (nSPS) is 15.8. The van der Waals surface area contributed by atoms with Crippen molar-refractivity contribution >= 4 is 22.6 Å². The number of benzene rings is 2. The first-order valence-corrected chi connectivity index (χ1v) is 6.68. The van der Waals surface area contributed by atoms with Crippen LogP contribution < -0.4 is 11.1 Å². The van der Waals surface area contributed by atoms with Crippen molar-refractivity contribution < 1.29 is 9.59 Å². The van der Waals surface area contributed by atoms with Crippen LogP contribution >= 0.6 is 0 Å². The van der Waals surface area contributed by atoms with E-state index in [1.54, 1.807) is 0 Å². The molecule has 3 N–H and O–H groups in total. The fourth-order valence-electron chi connectivity index (χ4n) is 2.40. The van der Waals surface area contributed by atoms with E-state index in [1.165, 1.54) is 0 Å². The van der Waals surface area contributed by atoms with Gasteiger partial charge in [-0.3, -0.25) is 9.59 Å². The van der Waals surface area contributed by atoms with Gasteiger partial charge in [0.15, 0.2) is 0 Å². The van der Waals surface area contributed by atoms with Gasteiger partial charge in [0, 0.05) is 0 Å². The Bertz CT molecular complexity index is 690. The van der Waals surface area contributed by atoms with E-state index in [0.29, 0.717) is 12.8 Å². The number of carbonyl (C=O) groups excluding carboxylic acids is 2. The molecule has 1 aliphatic carbocycles. The number of nitrogens with one attached hydrogen (secondary N) is 1. The van der Waals surface area contributed by atoms with Crippen LogP contribution in [0.4, 0.5) is 0 Å². The van der Waals surface area contributed by atoms with E-state index >= 15 is 0 Å². The second-order valence-electron chi connectivity index (χ2n) is 5.35. The average Bonchev–Trinajstić information content (AvgIpc) is 3.19. The van der Waals surface area contributed by atoms with Gasteiger partial charge in [0.2, 0.25) is 11.8 Å². The van der Waals surface area contributed by atoms with E-state index in [2.05, 4.69) is 5.32 Å². The summed E-state index contributed by atoms with van der Waals surface area (Å²) in [6.07, 6.45) is 1.55. The molecule has 0 aromatic heterocycles. The SMILES string of the molecule is NC(=O)C1(NC(=O)Cc2ccc3ccccc3c2)CC1. The largest absolute Gasteiger partial charge is 0.368 e. The Balaban J connectivity index is 1.73. The van der Waals surface area contributed by atoms with E-state index in [-0.39, 0.29) is 12.3 Å². The lowest BCUT2D eigenvalue weighted by atomic mass is 10.0. The van der Waals surface area contributed by atoms with Crippen LogP contribution in [0.1, 0.15) is 18.4 Å². The minimum Gasteiger partial charge on any atom is -0.368 e. The lowest BCUT2D eigenvalue weighted by Gasteiger charge is -2.13. The zero-order valence-electron chi connectivity index (χ0n) is 11.1. The molecule has 1 fully saturated rings. The summed E-state index contributed by atoms with van der Waals surface area (Å²) in [6, 6.07) is 13.9. The molecule has 0 unspecified atom stereocenters. The standard InChI is InChI=1S/C16H16N2O2/c17-15(20)16(7-8-16)18-14(19)10-11-5-6-12-3-1-2-4-13(12)9-11/h1-6,9H,7-8,10H2,(H2,17,20)(H,18,19). The molecule has 2 aromatic carbocycles. The molecule has 1 saturated carbocycles. The number of rotatable bonds is 4. The monoisotopic (exact) mass is 268 g/mol. The molecule has 0 radical (unpaired) electrons. The highest BCUT2D eigenvalue weighted by Gasteiger charge is 2.49. The van der Waals surface area contributed by atoms with Crippen LogP contribution in [0, 0.1) is 0 Å². The van der Waals surface area contributed by atoms with Gasteiger partial charge in [0.25, 0.3) is 0 Å². The second kappa shape index (κ2) is 4.63. The summed E-state index contributed by atoms with van der Waals surface area (Å²) < 4.78 is 0. The first-order valence-electron chi connectivity index (χ1n) is 6.68. The minimum absolute atomic E-state index is 0.156. The summed E-state index contributed by atoms with van der Waals surface area (Å²) in [4.78, 5) is 23.2. The van der Waals surface area contributed by atoms with Crippen molar-refractivity contribution in [2.24, 2.45) is 5.73 Å². The molecule has 2 amide bonds. The summed E-state index contributed by atoms with van der Waals surface area (Å²) in [5.74, 6) is -0.596. The summed E-state index contributed by atoms with van der Waals surface area (Å²) in [7, 11) is 0. The zero-order chi connectivity index (χ0) is 14.2. The molecule has 102 valence electrons. The van der Waals surface area contributed by atoms with Crippen LogP contribution in [0.15, 0.2) is 42.5 Å². The van der Waals surface area contributed by atoms with Crippen LogP contribution in [0.2, 0.25) is 0 Å². The van der Waals surface area contributed by atoms with Gasteiger partial charge in [-0.15, -0.1) is 0 Å². The fourth-order valence-corrected chi connectivity index (χ4v) is 2.40. The quantitative estimate of drug-likeness (QED) is 0.882. The van der Waals surface area contributed by atoms with Gasteiger partial charge in [-0.2, -0.15) is 0 Å². The van der Waals surface area contributed by atoms with Crippen LogP contribution in [0.25, 0.3) is 10.8 Å². The summed E-state index contributed by atoms with van der Waals surface area (Å²) >= 11 is 0. The van der Waals surface area contributed by atoms with E-state index in [0.717, 1.165) is 16.3 Å². The van der Waals surface area contributed by atoms with E-state index in [9.17, 15) is 9.59 Å². The Labute approximate surface area is 117 Å². The molecule has 0 spiro atoms. The third kappa shape index (κ3) is 2.37. The smallest absolute Gasteiger partial charge is 0.243 e. The van der Waals surface area contributed by atoms with Gasteiger partial charge in [-0.05, 0) is 29.2 Å². The highest BCUT2D eigenvalue weighted by Crippen LogP contribution is 2.34. The number of hydrogen-bond acceptors (Lipinski definition) is 2. The Morgan fingerprint density at radius 1 is 1.10 bits per heavy atom. The number of hydrogen-bond donors (Lipinski definition) is 2. The van der Waals surface area contributed by atoms with Gasteiger partial charge in [-0.25, -0.2) is 0 Å². The molecule has 0 bridgehead atoms. The van der Waals surface area contributed by atoms with Crippen LogP contribution in [-0.4, -0.2) is 17.4 Å².